The van der Waals surface area contributed by atoms with Crippen LogP contribution in [0.2, 0.25) is 0 Å². The summed E-state index contributed by atoms with van der Waals surface area (Å²) in [5.41, 5.74) is 4.81. The van der Waals surface area contributed by atoms with Gasteiger partial charge in [0, 0.05) is 0 Å². The molecule has 1 atom stereocenters. The number of allylic oxidation sites excluding steroid dienone is 4. The van der Waals surface area contributed by atoms with Gasteiger partial charge in [0.25, 0.3) is 0 Å². The van der Waals surface area contributed by atoms with Crippen LogP contribution in [0.3, 0.4) is 0 Å². The van der Waals surface area contributed by atoms with Crippen LogP contribution in [-0.2, 0) is 47.4 Å². The summed E-state index contributed by atoms with van der Waals surface area (Å²) in [6.45, 7) is 20.0. The summed E-state index contributed by atoms with van der Waals surface area (Å²) in [5, 5.41) is 5.48. The van der Waals surface area contributed by atoms with Crippen LogP contribution in [0.25, 0.3) is 21.5 Å². The number of benzene rings is 4. The zero-order valence-corrected chi connectivity index (χ0v) is 35.3. The van der Waals surface area contributed by atoms with Gasteiger partial charge in [-0.05, 0) is 10.8 Å². The minimum absolute atomic E-state index is 0. The molecule has 0 fully saturated rings. The van der Waals surface area contributed by atoms with E-state index in [9.17, 15) is 26.3 Å². The average molecular weight is 849 g/mol. The first kappa shape index (κ1) is 46.3. The van der Waals surface area contributed by atoms with Crippen molar-refractivity contribution in [3.8, 4) is 0 Å². The van der Waals surface area contributed by atoms with Crippen molar-refractivity contribution in [1.82, 2.24) is 0 Å². The van der Waals surface area contributed by atoms with E-state index in [2.05, 4.69) is 117 Å². The maximum atomic E-state index is 12.7. The van der Waals surface area contributed by atoms with Crippen molar-refractivity contribution in [2.75, 3.05) is 0 Å². The maximum absolute atomic E-state index is 12.7. The van der Waals surface area contributed by atoms with Crippen LogP contribution >= 0.6 is 0 Å². The van der Waals surface area contributed by atoms with E-state index in [-0.39, 0.29) is 46.8 Å². The summed E-state index contributed by atoms with van der Waals surface area (Å²) in [4.78, 5) is 0. The standard InChI is InChI=1S/C21H25.C15H8F6.C8H11.2ClH.Zr/c1-20(2,3)16-7-9-18-14(12-16)11-15-13-17(21(4,5)6)8-10-19(15)18;16-14(17,18)12-5-1-3-10(8-12)7-11-4-2-6-13(9-11)15(19,20)21;1-6-4-7(2)8(3)5-6;;;/h7-13H,1-6H3;1-6,8-9H;4,6H,1-3H3;2*1H;/q-1;;-1;;;+2/p-2. The van der Waals surface area contributed by atoms with Gasteiger partial charge in [-0.25, -0.2) is 11.1 Å². The SMILES string of the molecule is CC(C)(C)c1ccc2c(c1)[cH-]c1cc(C(C)(C)C)ccc12.CC1=[C-]C(C)C=C1C.FC(F)(F)c1cccc([C](=[Zr+2])c2cccc(C(F)(F)F)c2)c1.[Cl-].[Cl-]. The Morgan fingerprint density at radius 3 is 1.28 bits per heavy atom. The van der Waals surface area contributed by atoms with Gasteiger partial charge in [0.05, 0.1) is 0 Å². The monoisotopic (exact) mass is 846 g/mol. The van der Waals surface area contributed by atoms with E-state index < -0.39 is 23.5 Å². The molecule has 1 unspecified atom stereocenters. The molecule has 0 heterocycles. The molecule has 0 aliphatic heterocycles. The molecular weight excluding hydrogens is 805 g/mol. The fraction of sp³-hybridized carbons (Fsp3) is 0.318. The van der Waals surface area contributed by atoms with Crippen molar-refractivity contribution in [2.45, 2.75) is 85.5 Å². The Hall–Kier alpha value is -2.86. The number of hydrogen-bond acceptors (Lipinski definition) is 0. The first-order valence-electron chi connectivity index (χ1n) is 16.8. The molecular formula is C44H44Cl2F6Zr-2. The van der Waals surface area contributed by atoms with Gasteiger partial charge < -0.3 is 24.8 Å². The minimum Gasteiger partial charge on any atom is -1.00 e. The third-order valence-electron chi connectivity index (χ3n) is 8.93. The summed E-state index contributed by atoms with van der Waals surface area (Å²) in [7, 11) is 0. The van der Waals surface area contributed by atoms with Crippen LogP contribution in [0.5, 0.6) is 0 Å². The predicted octanol–water partition coefficient (Wildman–Crippen LogP) is 7.49. The molecule has 0 bridgehead atoms. The van der Waals surface area contributed by atoms with E-state index in [1.54, 1.807) is 0 Å². The Balaban J connectivity index is 0.000000295. The first-order chi connectivity index (χ1) is 23.4. The second kappa shape index (κ2) is 17.7. The second-order valence-electron chi connectivity index (χ2n) is 15.2. The Bertz CT molecular complexity index is 1960. The molecule has 0 nitrogen and oxygen atoms in total. The van der Waals surface area contributed by atoms with Gasteiger partial charge in [-0.15, -0.1) is 46.7 Å². The van der Waals surface area contributed by atoms with Gasteiger partial charge in [-0.2, -0.15) is 6.08 Å². The largest absolute Gasteiger partial charge is 1.00 e. The maximum Gasteiger partial charge on any atom is -1.00 e. The quantitative estimate of drug-likeness (QED) is 0.128. The van der Waals surface area contributed by atoms with Gasteiger partial charge >= 0.3 is 137 Å². The van der Waals surface area contributed by atoms with Crippen molar-refractivity contribution in [2.24, 2.45) is 5.92 Å². The number of hydrogen-bond donors (Lipinski definition) is 0. The minimum atomic E-state index is -4.49. The summed E-state index contributed by atoms with van der Waals surface area (Å²) < 4.78 is 76.7. The van der Waals surface area contributed by atoms with E-state index in [1.165, 1.54) is 68.1 Å². The molecule has 5 aromatic carbocycles. The topological polar surface area (TPSA) is 0 Å². The van der Waals surface area contributed by atoms with Gasteiger partial charge in [-0.1, -0.05) is 96.7 Å². The van der Waals surface area contributed by atoms with Crippen LogP contribution in [0, 0.1) is 12.0 Å². The molecule has 1 aliphatic carbocycles. The van der Waals surface area contributed by atoms with Crippen LogP contribution in [0.4, 0.5) is 26.3 Å². The van der Waals surface area contributed by atoms with Crippen molar-refractivity contribution in [3.05, 3.63) is 148 Å². The van der Waals surface area contributed by atoms with Crippen molar-refractivity contribution < 1.29 is 75.4 Å². The fourth-order valence-electron chi connectivity index (χ4n) is 5.82. The Labute approximate surface area is 337 Å². The molecule has 0 saturated heterocycles. The molecule has 0 radical (unpaired) electrons. The molecule has 0 spiro atoms. The van der Waals surface area contributed by atoms with Gasteiger partial charge in [0.2, 0.25) is 0 Å². The van der Waals surface area contributed by atoms with Gasteiger partial charge in [0.15, 0.2) is 0 Å². The fourth-order valence-corrected chi connectivity index (χ4v) is 6.59. The zero-order valence-electron chi connectivity index (χ0n) is 31.3. The Kier molecular flexibility index (Phi) is 15.5. The number of halogens is 8. The van der Waals surface area contributed by atoms with Crippen LogP contribution in [0.1, 0.15) is 95.7 Å². The third-order valence-corrected chi connectivity index (χ3v) is 10.3. The van der Waals surface area contributed by atoms with E-state index in [1.807, 2.05) is 0 Å². The smallest absolute Gasteiger partial charge is 1.00 e. The average Bonchev–Trinajstić information content (AvgIpc) is 3.55. The molecule has 9 heteroatoms. The second-order valence-corrected chi connectivity index (χ2v) is 16.4. The summed E-state index contributed by atoms with van der Waals surface area (Å²) in [6.07, 6.45) is -3.45. The summed E-state index contributed by atoms with van der Waals surface area (Å²) >= 11 is 0.729. The summed E-state index contributed by atoms with van der Waals surface area (Å²) in [5.74, 6) is 0.551. The molecule has 53 heavy (non-hydrogen) atoms. The summed E-state index contributed by atoms with van der Waals surface area (Å²) in [6, 6.07) is 25.3. The van der Waals surface area contributed by atoms with Crippen molar-refractivity contribution in [3.63, 3.8) is 0 Å². The molecule has 0 amide bonds. The molecule has 282 valence electrons. The molecule has 0 aromatic heterocycles. The van der Waals surface area contributed by atoms with E-state index >= 15 is 0 Å². The van der Waals surface area contributed by atoms with E-state index in [0.717, 1.165) is 48.5 Å². The molecule has 0 saturated carbocycles. The molecule has 1 aliphatic rings. The Morgan fingerprint density at radius 2 is 1.00 bits per heavy atom. The van der Waals surface area contributed by atoms with Crippen LogP contribution in [-0.4, -0.2) is 3.21 Å². The van der Waals surface area contributed by atoms with Crippen molar-refractivity contribution >= 4 is 24.8 Å². The van der Waals surface area contributed by atoms with E-state index in [0.29, 0.717) is 9.12 Å². The molecule has 6 rings (SSSR count). The van der Waals surface area contributed by atoms with Gasteiger partial charge in [-0.3, -0.25) is 6.08 Å². The van der Waals surface area contributed by atoms with Crippen LogP contribution in [0.15, 0.2) is 108 Å². The normalized spacial score (nSPS) is 14.5. The number of rotatable bonds is 2. The van der Waals surface area contributed by atoms with E-state index in [4.69, 9.17) is 0 Å². The van der Waals surface area contributed by atoms with Crippen LogP contribution < -0.4 is 24.8 Å². The number of fused-ring (bicyclic) bond motifs is 3. The third kappa shape index (κ3) is 12.1. The number of alkyl halides is 6. The molecule has 0 N–H and O–H groups in total. The Morgan fingerprint density at radius 1 is 0.604 bits per heavy atom. The zero-order chi connectivity index (χ0) is 38.1. The molecule has 5 aromatic rings. The predicted molar refractivity (Wildman–Crippen MR) is 196 cm³/mol. The van der Waals surface area contributed by atoms with Crippen molar-refractivity contribution in [1.29, 1.82) is 0 Å². The van der Waals surface area contributed by atoms with Gasteiger partial charge in [0.1, 0.15) is 0 Å². The first-order valence-corrected chi connectivity index (χ1v) is 18.0.